The molecule has 0 amide bonds. The minimum Gasteiger partial charge on any atom is -0.357 e. The molecular weight excluding hydrogens is 220 g/mol. The third-order valence-electron chi connectivity index (χ3n) is 2.78. The maximum Gasteiger partial charge on any atom is 0.128 e. The molecule has 0 radical (unpaired) electrons. The molecule has 1 aromatic heterocycles. The summed E-state index contributed by atoms with van der Waals surface area (Å²) in [7, 11) is 0. The fraction of sp³-hybridized carbons (Fsp3) is 0.615. The summed E-state index contributed by atoms with van der Waals surface area (Å²) in [6.07, 6.45) is 4.48. The summed E-state index contributed by atoms with van der Waals surface area (Å²) in [5, 5.41) is 0. The molecule has 0 atom stereocenters. The number of pyridine rings is 1. The molecule has 2 heterocycles. The van der Waals surface area contributed by atoms with Gasteiger partial charge in [-0.25, -0.2) is 4.98 Å². The largest absolute Gasteiger partial charge is 0.357 e. The summed E-state index contributed by atoms with van der Waals surface area (Å²) in [6.45, 7) is 8.39. The molecule has 1 aromatic rings. The van der Waals surface area contributed by atoms with E-state index in [2.05, 4.69) is 22.9 Å². The van der Waals surface area contributed by atoms with Crippen LogP contribution >= 0.6 is 11.6 Å². The fourth-order valence-electron chi connectivity index (χ4n) is 1.83. The van der Waals surface area contributed by atoms with E-state index in [1.165, 1.54) is 18.4 Å². The van der Waals surface area contributed by atoms with E-state index < -0.39 is 0 Å². The molecular formula is C13H21ClN2. The molecule has 0 spiro atoms. The zero-order valence-electron chi connectivity index (χ0n) is 10.5. The summed E-state index contributed by atoms with van der Waals surface area (Å²) in [6, 6.07) is 2.14. The van der Waals surface area contributed by atoms with Crippen LogP contribution in [-0.2, 0) is 5.88 Å². The summed E-state index contributed by atoms with van der Waals surface area (Å²) in [4.78, 5) is 6.77. The molecule has 0 N–H and O–H groups in total. The lowest BCUT2D eigenvalue weighted by Gasteiger charge is -2.17. The first-order chi connectivity index (χ1) is 7.81. The van der Waals surface area contributed by atoms with Crippen LogP contribution in [-0.4, -0.2) is 18.1 Å². The van der Waals surface area contributed by atoms with Gasteiger partial charge in [0.15, 0.2) is 0 Å². The Morgan fingerprint density at radius 1 is 1.31 bits per heavy atom. The third-order valence-corrected chi connectivity index (χ3v) is 3.07. The van der Waals surface area contributed by atoms with Gasteiger partial charge >= 0.3 is 0 Å². The third kappa shape index (κ3) is 3.11. The zero-order valence-corrected chi connectivity index (χ0v) is 11.2. The highest BCUT2D eigenvalue weighted by atomic mass is 35.5. The van der Waals surface area contributed by atoms with E-state index in [0.717, 1.165) is 24.5 Å². The monoisotopic (exact) mass is 240 g/mol. The molecule has 0 unspecified atom stereocenters. The Balaban J connectivity index is 0.000000606. The fourth-order valence-corrected chi connectivity index (χ4v) is 2.11. The number of anilines is 1. The number of halogens is 1. The van der Waals surface area contributed by atoms with Crippen LogP contribution in [0.15, 0.2) is 12.3 Å². The topological polar surface area (TPSA) is 16.1 Å². The highest BCUT2D eigenvalue weighted by Gasteiger charge is 2.13. The van der Waals surface area contributed by atoms with E-state index in [0.29, 0.717) is 5.88 Å². The summed E-state index contributed by atoms with van der Waals surface area (Å²) >= 11 is 5.79. The van der Waals surface area contributed by atoms with E-state index in [1.807, 2.05) is 20.0 Å². The average molecular weight is 241 g/mol. The minimum absolute atomic E-state index is 0.555. The molecule has 3 heteroatoms. The van der Waals surface area contributed by atoms with Crippen molar-refractivity contribution in [2.24, 2.45) is 0 Å². The van der Waals surface area contributed by atoms with E-state index in [-0.39, 0.29) is 0 Å². The van der Waals surface area contributed by atoms with Gasteiger partial charge in [-0.05, 0) is 37.0 Å². The van der Waals surface area contributed by atoms with E-state index >= 15 is 0 Å². The van der Waals surface area contributed by atoms with Gasteiger partial charge in [-0.2, -0.15) is 0 Å². The average Bonchev–Trinajstić information content (AvgIpc) is 2.85. The highest BCUT2D eigenvalue weighted by molar-refractivity contribution is 6.17. The van der Waals surface area contributed by atoms with Crippen molar-refractivity contribution in [3.8, 4) is 0 Å². The van der Waals surface area contributed by atoms with E-state index in [4.69, 9.17) is 11.6 Å². The Morgan fingerprint density at radius 2 is 1.94 bits per heavy atom. The van der Waals surface area contributed by atoms with Gasteiger partial charge in [-0.15, -0.1) is 11.6 Å². The summed E-state index contributed by atoms with van der Waals surface area (Å²) in [5.74, 6) is 1.66. The van der Waals surface area contributed by atoms with Crippen molar-refractivity contribution in [2.75, 3.05) is 18.0 Å². The second-order valence-electron chi connectivity index (χ2n) is 3.80. The molecule has 0 bridgehead atoms. The van der Waals surface area contributed by atoms with Gasteiger partial charge in [-0.1, -0.05) is 13.8 Å². The van der Waals surface area contributed by atoms with Crippen LogP contribution in [0.25, 0.3) is 0 Å². The molecule has 1 fully saturated rings. The predicted molar refractivity (Wildman–Crippen MR) is 71.3 cm³/mol. The number of rotatable bonds is 2. The molecule has 2 nitrogen and oxygen atoms in total. The molecule has 1 aliphatic rings. The Hall–Kier alpha value is -0.760. The summed E-state index contributed by atoms with van der Waals surface area (Å²) < 4.78 is 0. The quantitative estimate of drug-likeness (QED) is 0.732. The highest BCUT2D eigenvalue weighted by Crippen LogP contribution is 2.20. The van der Waals surface area contributed by atoms with Gasteiger partial charge < -0.3 is 4.90 Å². The van der Waals surface area contributed by atoms with Crippen molar-refractivity contribution >= 4 is 17.4 Å². The molecule has 16 heavy (non-hydrogen) atoms. The Bertz CT molecular complexity index is 320. The number of hydrogen-bond acceptors (Lipinski definition) is 2. The second kappa shape index (κ2) is 6.74. The van der Waals surface area contributed by atoms with Crippen molar-refractivity contribution in [2.45, 2.75) is 39.5 Å². The Kier molecular flexibility index (Phi) is 5.61. The first-order valence-corrected chi connectivity index (χ1v) is 6.61. The lowest BCUT2D eigenvalue weighted by Crippen LogP contribution is -2.19. The predicted octanol–water partition coefficient (Wildman–Crippen LogP) is 3.76. The standard InChI is InChI=1S/C11H15ClN2.C2H6/c1-9-6-11(13-8-10(9)7-12)14-4-2-3-5-14;1-2/h6,8H,2-5,7H2,1H3;1-2H3. The van der Waals surface area contributed by atoms with Crippen LogP contribution in [0.1, 0.15) is 37.8 Å². The van der Waals surface area contributed by atoms with Crippen molar-refractivity contribution < 1.29 is 0 Å². The van der Waals surface area contributed by atoms with Gasteiger partial charge in [0.2, 0.25) is 0 Å². The van der Waals surface area contributed by atoms with Crippen molar-refractivity contribution in [3.05, 3.63) is 23.4 Å². The van der Waals surface area contributed by atoms with Crippen LogP contribution in [0.3, 0.4) is 0 Å². The minimum atomic E-state index is 0.555. The van der Waals surface area contributed by atoms with E-state index in [9.17, 15) is 0 Å². The normalized spacial score (nSPS) is 14.6. The Labute approximate surface area is 104 Å². The molecule has 0 aliphatic carbocycles. The second-order valence-corrected chi connectivity index (χ2v) is 4.06. The van der Waals surface area contributed by atoms with Gasteiger partial charge in [0.25, 0.3) is 0 Å². The van der Waals surface area contributed by atoms with Crippen LogP contribution in [0.5, 0.6) is 0 Å². The van der Waals surface area contributed by atoms with Crippen LogP contribution in [0.4, 0.5) is 5.82 Å². The van der Waals surface area contributed by atoms with Gasteiger partial charge in [0.1, 0.15) is 5.82 Å². The smallest absolute Gasteiger partial charge is 0.128 e. The van der Waals surface area contributed by atoms with Crippen LogP contribution in [0.2, 0.25) is 0 Å². The number of aromatic nitrogens is 1. The van der Waals surface area contributed by atoms with Crippen molar-refractivity contribution in [3.63, 3.8) is 0 Å². The lowest BCUT2D eigenvalue weighted by molar-refractivity contribution is 0.931. The summed E-state index contributed by atoms with van der Waals surface area (Å²) in [5.41, 5.74) is 2.38. The van der Waals surface area contributed by atoms with Crippen LogP contribution in [0, 0.1) is 6.92 Å². The SMILES string of the molecule is CC.Cc1cc(N2CCCC2)ncc1CCl. The lowest BCUT2D eigenvalue weighted by atomic mass is 10.2. The van der Waals surface area contributed by atoms with Crippen molar-refractivity contribution in [1.82, 2.24) is 4.98 Å². The van der Waals surface area contributed by atoms with Gasteiger partial charge in [-0.3, -0.25) is 0 Å². The number of nitrogens with zero attached hydrogens (tertiary/aromatic N) is 2. The van der Waals surface area contributed by atoms with Crippen LogP contribution < -0.4 is 4.90 Å². The van der Waals surface area contributed by atoms with Crippen molar-refractivity contribution in [1.29, 1.82) is 0 Å². The number of aryl methyl sites for hydroxylation is 1. The molecule has 2 rings (SSSR count). The molecule has 0 aromatic carbocycles. The Morgan fingerprint density at radius 3 is 2.44 bits per heavy atom. The first-order valence-electron chi connectivity index (χ1n) is 6.07. The molecule has 90 valence electrons. The molecule has 1 aliphatic heterocycles. The first kappa shape index (κ1) is 13.3. The molecule has 0 saturated carbocycles. The van der Waals surface area contributed by atoms with Gasteiger partial charge in [0.05, 0.1) is 0 Å². The maximum atomic E-state index is 5.79. The van der Waals surface area contributed by atoms with E-state index in [1.54, 1.807) is 0 Å². The maximum absolute atomic E-state index is 5.79. The number of alkyl halides is 1. The van der Waals surface area contributed by atoms with Gasteiger partial charge in [0, 0.05) is 25.2 Å². The molecule has 1 saturated heterocycles. The zero-order chi connectivity index (χ0) is 12.0. The number of hydrogen-bond donors (Lipinski definition) is 0.